The van der Waals surface area contributed by atoms with E-state index in [1.165, 1.54) is 12.8 Å². The quantitative estimate of drug-likeness (QED) is 0.537. The number of hydrogen-bond acceptors (Lipinski definition) is 3. The number of rotatable bonds is 11. The summed E-state index contributed by atoms with van der Waals surface area (Å²) < 4.78 is 10.4. The largest absolute Gasteiger partial charge is 0.385 e. The van der Waals surface area contributed by atoms with Gasteiger partial charge >= 0.3 is 0 Å². The Morgan fingerprint density at radius 3 is 2.40 bits per heavy atom. The van der Waals surface area contributed by atoms with Crippen LogP contribution in [0.3, 0.4) is 0 Å². The third-order valence-electron chi connectivity index (χ3n) is 2.65. The Kier molecular flexibility index (Phi) is 11.9. The number of methoxy groups -OCH3 is 1. The third kappa shape index (κ3) is 10.2. The van der Waals surface area contributed by atoms with Crippen molar-refractivity contribution in [3.63, 3.8) is 0 Å². The predicted octanol–water partition coefficient (Wildman–Crippen LogP) is 2.07. The van der Waals surface area contributed by atoms with Gasteiger partial charge in [0.15, 0.2) is 0 Å². The Hall–Kier alpha value is -0.120. The molecule has 0 unspecified atom stereocenters. The molecule has 0 atom stereocenters. The van der Waals surface area contributed by atoms with E-state index in [0.29, 0.717) is 0 Å². The van der Waals surface area contributed by atoms with Crippen molar-refractivity contribution >= 4 is 0 Å². The van der Waals surface area contributed by atoms with Gasteiger partial charge < -0.3 is 14.8 Å². The van der Waals surface area contributed by atoms with E-state index in [4.69, 9.17) is 9.47 Å². The third-order valence-corrected chi connectivity index (χ3v) is 2.65. The van der Waals surface area contributed by atoms with E-state index in [1.54, 1.807) is 7.11 Å². The van der Waals surface area contributed by atoms with Crippen molar-refractivity contribution in [2.45, 2.75) is 33.1 Å². The lowest BCUT2D eigenvalue weighted by atomic mass is 10.0. The van der Waals surface area contributed by atoms with Gasteiger partial charge in [0.1, 0.15) is 0 Å². The molecule has 0 fully saturated rings. The highest BCUT2D eigenvalue weighted by molar-refractivity contribution is 4.57. The van der Waals surface area contributed by atoms with Crippen molar-refractivity contribution in [1.29, 1.82) is 0 Å². The average molecular weight is 217 g/mol. The molecular weight excluding hydrogens is 190 g/mol. The SMILES string of the molecule is CCC(CC)CNCCOCCCOC. The van der Waals surface area contributed by atoms with Crippen molar-refractivity contribution < 1.29 is 9.47 Å². The van der Waals surface area contributed by atoms with Gasteiger partial charge in [-0.15, -0.1) is 0 Å². The second kappa shape index (κ2) is 12.0. The summed E-state index contributed by atoms with van der Waals surface area (Å²) in [6.45, 7) is 8.98. The molecule has 0 aliphatic heterocycles. The highest BCUT2D eigenvalue weighted by atomic mass is 16.5. The van der Waals surface area contributed by atoms with Crippen molar-refractivity contribution in [3.8, 4) is 0 Å². The first-order chi connectivity index (χ1) is 7.35. The van der Waals surface area contributed by atoms with Crippen molar-refractivity contribution in [3.05, 3.63) is 0 Å². The van der Waals surface area contributed by atoms with E-state index in [9.17, 15) is 0 Å². The fourth-order valence-corrected chi connectivity index (χ4v) is 1.44. The summed E-state index contributed by atoms with van der Waals surface area (Å²) in [5.41, 5.74) is 0. The second-order valence-electron chi connectivity index (χ2n) is 3.85. The molecule has 3 heteroatoms. The summed E-state index contributed by atoms with van der Waals surface area (Å²) in [7, 11) is 1.72. The van der Waals surface area contributed by atoms with E-state index in [-0.39, 0.29) is 0 Å². The summed E-state index contributed by atoms with van der Waals surface area (Å²) >= 11 is 0. The van der Waals surface area contributed by atoms with Crippen molar-refractivity contribution in [2.75, 3.05) is 40.0 Å². The van der Waals surface area contributed by atoms with Gasteiger partial charge in [-0.05, 0) is 18.9 Å². The Bertz CT molecular complexity index is 116. The lowest BCUT2D eigenvalue weighted by Crippen LogP contribution is -2.26. The van der Waals surface area contributed by atoms with Crippen LogP contribution in [0.15, 0.2) is 0 Å². The van der Waals surface area contributed by atoms with E-state index in [2.05, 4.69) is 19.2 Å². The van der Waals surface area contributed by atoms with Crippen LogP contribution in [0.4, 0.5) is 0 Å². The fraction of sp³-hybridized carbons (Fsp3) is 1.00. The highest BCUT2D eigenvalue weighted by Crippen LogP contribution is 2.04. The minimum absolute atomic E-state index is 0.793. The Balaban J connectivity index is 3.04. The minimum atomic E-state index is 0.793. The summed E-state index contributed by atoms with van der Waals surface area (Å²) in [6.07, 6.45) is 3.51. The molecule has 0 radical (unpaired) electrons. The molecule has 0 amide bonds. The van der Waals surface area contributed by atoms with Crippen LogP contribution in [0.25, 0.3) is 0 Å². The van der Waals surface area contributed by atoms with Crippen molar-refractivity contribution in [2.24, 2.45) is 5.92 Å². The summed E-state index contributed by atoms with van der Waals surface area (Å²) in [5, 5.41) is 3.42. The molecule has 0 bridgehead atoms. The maximum Gasteiger partial charge on any atom is 0.0590 e. The van der Waals surface area contributed by atoms with Gasteiger partial charge in [-0.2, -0.15) is 0 Å². The zero-order chi connectivity index (χ0) is 11.4. The molecule has 92 valence electrons. The molecule has 0 aromatic heterocycles. The monoisotopic (exact) mass is 217 g/mol. The Morgan fingerprint density at radius 2 is 1.80 bits per heavy atom. The predicted molar refractivity (Wildman–Crippen MR) is 64.3 cm³/mol. The zero-order valence-corrected chi connectivity index (χ0v) is 10.6. The van der Waals surface area contributed by atoms with Gasteiger partial charge in [0.25, 0.3) is 0 Å². The van der Waals surface area contributed by atoms with Crippen LogP contribution < -0.4 is 5.32 Å². The maximum absolute atomic E-state index is 5.44. The van der Waals surface area contributed by atoms with Gasteiger partial charge in [-0.3, -0.25) is 0 Å². The molecular formula is C12H27NO2. The molecule has 0 spiro atoms. The molecule has 0 aliphatic rings. The summed E-state index contributed by atoms with van der Waals surface area (Å²) in [6, 6.07) is 0. The van der Waals surface area contributed by atoms with Gasteiger partial charge in [-0.25, -0.2) is 0 Å². The number of hydrogen-bond donors (Lipinski definition) is 1. The van der Waals surface area contributed by atoms with Crippen LogP contribution in [-0.2, 0) is 9.47 Å². The van der Waals surface area contributed by atoms with Crippen LogP contribution in [0.5, 0.6) is 0 Å². The first-order valence-corrected chi connectivity index (χ1v) is 6.12. The van der Waals surface area contributed by atoms with E-state index in [0.717, 1.165) is 45.2 Å². The Morgan fingerprint density at radius 1 is 1.07 bits per heavy atom. The molecule has 0 rings (SSSR count). The van der Waals surface area contributed by atoms with E-state index in [1.807, 2.05) is 0 Å². The van der Waals surface area contributed by atoms with Crippen molar-refractivity contribution in [1.82, 2.24) is 5.32 Å². The van der Waals surface area contributed by atoms with Crippen LogP contribution in [0, 0.1) is 5.92 Å². The minimum Gasteiger partial charge on any atom is -0.385 e. The highest BCUT2D eigenvalue weighted by Gasteiger charge is 2.01. The number of ether oxygens (including phenoxy) is 2. The van der Waals surface area contributed by atoms with E-state index >= 15 is 0 Å². The maximum atomic E-state index is 5.44. The van der Waals surface area contributed by atoms with Crippen LogP contribution in [0.2, 0.25) is 0 Å². The normalized spacial score (nSPS) is 11.2. The van der Waals surface area contributed by atoms with Gasteiger partial charge in [0.05, 0.1) is 6.61 Å². The molecule has 0 saturated carbocycles. The van der Waals surface area contributed by atoms with Crippen LogP contribution >= 0.6 is 0 Å². The molecule has 0 heterocycles. The molecule has 3 nitrogen and oxygen atoms in total. The smallest absolute Gasteiger partial charge is 0.0590 e. The molecule has 0 aromatic carbocycles. The molecule has 1 N–H and O–H groups in total. The molecule has 15 heavy (non-hydrogen) atoms. The first kappa shape index (κ1) is 14.9. The fourth-order valence-electron chi connectivity index (χ4n) is 1.44. The van der Waals surface area contributed by atoms with Gasteiger partial charge in [0, 0.05) is 26.9 Å². The lowest BCUT2D eigenvalue weighted by Gasteiger charge is -2.13. The molecule has 0 saturated heterocycles. The van der Waals surface area contributed by atoms with Gasteiger partial charge in [0.2, 0.25) is 0 Å². The topological polar surface area (TPSA) is 30.5 Å². The average Bonchev–Trinajstić information content (AvgIpc) is 2.27. The molecule has 0 aliphatic carbocycles. The summed E-state index contributed by atoms with van der Waals surface area (Å²) in [5.74, 6) is 0.818. The van der Waals surface area contributed by atoms with Crippen LogP contribution in [0.1, 0.15) is 33.1 Å². The first-order valence-electron chi connectivity index (χ1n) is 6.12. The number of nitrogens with one attached hydrogen (secondary N) is 1. The zero-order valence-electron chi connectivity index (χ0n) is 10.6. The van der Waals surface area contributed by atoms with Gasteiger partial charge in [-0.1, -0.05) is 26.7 Å². The van der Waals surface area contributed by atoms with E-state index < -0.39 is 0 Å². The Labute approximate surface area is 94.5 Å². The second-order valence-corrected chi connectivity index (χ2v) is 3.85. The van der Waals surface area contributed by atoms with Crippen LogP contribution in [-0.4, -0.2) is 40.0 Å². The molecule has 0 aromatic rings. The lowest BCUT2D eigenvalue weighted by molar-refractivity contribution is 0.104. The summed E-state index contributed by atoms with van der Waals surface area (Å²) in [4.78, 5) is 0. The standard InChI is InChI=1S/C12H27NO2/c1-4-12(5-2)11-13-7-10-15-9-6-8-14-3/h12-13H,4-11H2,1-3H3.